The third-order valence-corrected chi connectivity index (χ3v) is 3.42. The Labute approximate surface area is 103 Å². The van der Waals surface area contributed by atoms with Gasteiger partial charge in [-0.25, -0.2) is 4.98 Å². The van der Waals surface area contributed by atoms with Gasteiger partial charge >= 0.3 is 0 Å². The van der Waals surface area contributed by atoms with E-state index in [9.17, 15) is 0 Å². The Balaban J connectivity index is 2.50. The van der Waals surface area contributed by atoms with E-state index in [0.29, 0.717) is 0 Å². The second kappa shape index (κ2) is 4.39. The Morgan fingerprint density at radius 1 is 1.44 bits per heavy atom. The van der Waals surface area contributed by atoms with Gasteiger partial charge in [0.05, 0.1) is 18.2 Å². The molecule has 1 aromatic heterocycles. The highest BCUT2D eigenvalue weighted by Crippen LogP contribution is 2.22. The molecule has 0 saturated heterocycles. The van der Waals surface area contributed by atoms with Gasteiger partial charge in [0, 0.05) is 16.2 Å². The molecule has 84 valence electrons. The van der Waals surface area contributed by atoms with Crippen molar-refractivity contribution in [2.75, 3.05) is 0 Å². The molecule has 0 fully saturated rings. The molecule has 0 amide bonds. The molecule has 0 aliphatic carbocycles. The van der Waals surface area contributed by atoms with E-state index in [4.69, 9.17) is 5.73 Å². The van der Waals surface area contributed by atoms with Crippen molar-refractivity contribution < 1.29 is 0 Å². The van der Waals surface area contributed by atoms with Crippen molar-refractivity contribution in [2.24, 2.45) is 5.73 Å². The fourth-order valence-electron chi connectivity index (χ4n) is 1.59. The highest BCUT2D eigenvalue weighted by atomic mass is 79.9. The van der Waals surface area contributed by atoms with Crippen LogP contribution in [0.25, 0.3) is 5.69 Å². The van der Waals surface area contributed by atoms with Crippen LogP contribution in [0.1, 0.15) is 24.2 Å². The van der Waals surface area contributed by atoms with Crippen molar-refractivity contribution >= 4 is 15.9 Å². The summed E-state index contributed by atoms with van der Waals surface area (Å²) < 4.78 is 3.10. The fraction of sp³-hybridized carbons (Fsp3) is 0.250. The summed E-state index contributed by atoms with van der Waals surface area (Å²) in [4.78, 5) is 4.14. The Morgan fingerprint density at radius 2 is 2.19 bits per heavy atom. The zero-order valence-electron chi connectivity index (χ0n) is 9.31. The second-order valence-electron chi connectivity index (χ2n) is 3.91. The van der Waals surface area contributed by atoms with Gasteiger partial charge in [0.15, 0.2) is 0 Å². The largest absolute Gasteiger partial charge is 0.323 e. The van der Waals surface area contributed by atoms with Crippen molar-refractivity contribution in [2.45, 2.75) is 19.9 Å². The van der Waals surface area contributed by atoms with Gasteiger partial charge in [-0.3, -0.25) is 0 Å². The topological polar surface area (TPSA) is 43.8 Å². The van der Waals surface area contributed by atoms with E-state index >= 15 is 0 Å². The molecule has 3 nitrogen and oxygen atoms in total. The average molecular weight is 280 g/mol. The molecule has 0 aliphatic rings. The van der Waals surface area contributed by atoms with Crippen LogP contribution in [0.2, 0.25) is 0 Å². The Kier molecular flexibility index (Phi) is 3.12. The average Bonchev–Trinajstić information content (AvgIpc) is 2.71. The number of hydrogen-bond acceptors (Lipinski definition) is 2. The SMILES string of the molecule is Cc1ccc(-n2cncc2C(C)N)cc1Br. The Morgan fingerprint density at radius 3 is 2.81 bits per heavy atom. The maximum absolute atomic E-state index is 5.89. The third-order valence-electron chi connectivity index (χ3n) is 2.57. The first-order chi connectivity index (χ1) is 7.59. The zero-order chi connectivity index (χ0) is 11.7. The maximum Gasteiger partial charge on any atom is 0.0994 e. The van der Waals surface area contributed by atoms with Crippen molar-refractivity contribution in [3.8, 4) is 5.69 Å². The summed E-state index contributed by atoms with van der Waals surface area (Å²) in [5.74, 6) is 0. The lowest BCUT2D eigenvalue weighted by Crippen LogP contribution is -2.10. The standard InChI is InChI=1S/C12H14BrN3/c1-8-3-4-10(5-11(8)13)16-7-15-6-12(16)9(2)14/h3-7,9H,14H2,1-2H3. The first-order valence-corrected chi connectivity index (χ1v) is 5.93. The van der Waals surface area contributed by atoms with Gasteiger partial charge in [0.25, 0.3) is 0 Å². The third kappa shape index (κ3) is 2.03. The highest BCUT2D eigenvalue weighted by Gasteiger charge is 2.08. The lowest BCUT2D eigenvalue weighted by Gasteiger charge is -2.11. The minimum absolute atomic E-state index is 0.0254. The second-order valence-corrected chi connectivity index (χ2v) is 4.77. The minimum Gasteiger partial charge on any atom is -0.323 e. The summed E-state index contributed by atoms with van der Waals surface area (Å²) >= 11 is 3.53. The van der Waals surface area contributed by atoms with Crippen LogP contribution in [0, 0.1) is 6.92 Å². The van der Waals surface area contributed by atoms with Gasteiger partial charge in [-0.1, -0.05) is 22.0 Å². The summed E-state index contributed by atoms with van der Waals surface area (Å²) in [7, 11) is 0. The number of benzene rings is 1. The molecular formula is C12H14BrN3. The van der Waals surface area contributed by atoms with Crippen molar-refractivity contribution in [3.63, 3.8) is 0 Å². The van der Waals surface area contributed by atoms with E-state index in [1.165, 1.54) is 5.56 Å². The first kappa shape index (κ1) is 11.4. The number of nitrogens with two attached hydrogens (primary N) is 1. The fourth-order valence-corrected chi connectivity index (χ4v) is 1.96. The molecule has 16 heavy (non-hydrogen) atoms. The van der Waals surface area contributed by atoms with Crippen LogP contribution in [0.3, 0.4) is 0 Å². The molecule has 0 radical (unpaired) electrons. The monoisotopic (exact) mass is 279 g/mol. The number of aryl methyl sites for hydroxylation is 1. The first-order valence-electron chi connectivity index (χ1n) is 5.14. The lowest BCUT2D eigenvalue weighted by molar-refractivity contribution is 0.752. The number of imidazole rings is 1. The smallest absolute Gasteiger partial charge is 0.0994 e. The number of halogens is 1. The molecule has 0 saturated carbocycles. The van der Waals surface area contributed by atoms with Crippen LogP contribution in [0.15, 0.2) is 35.2 Å². The summed E-state index contributed by atoms with van der Waals surface area (Å²) in [6.07, 6.45) is 3.59. The number of hydrogen-bond donors (Lipinski definition) is 1. The van der Waals surface area contributed by atoms with E-state index in [0.717, 1.165) is 15.9 Å². The molecule has 2 aromatic rings. The van der Waals surface area contributed by atoms with Gasteiger partial charge in [-0.2, -0.15) is 0 Å². The van der Waals surface area contributed by atoms with E-state index in [-0.39, 0.29) is 6.04 Å². The normalized spacial score (nSPS) is 12.8. The minimum atomic E-state index is -0.0254. The van der Waals surface area contributed by atoms with Crippen LogP contribution in [-0.2, 0) is 0 Å². The molecule has 4 heteroatoms. The predicted octanol–water partition coefficient (Wildman–Crippen LogP) is 2.96. The molecule has 0 aliphatic heterocycles. The van der Waals surface area contributed by atoms with E-state index in [1.807, 2.05) is 11.5 Å². The van der Waals surface area contributed by atoms with Gasteiger partial charge in [-0.05, 0) is 31.5 Å². The summed E-state index contributed by atoms with van der Waals surface area (Å²) in [5, 5.41) is 0. The summed E-state index contributed by atoms with van der Waals surface area (Å²) in [6, 6.07) is 6.18. The highest BCUT2D eigenvalue weighted by molar-refractivity contribution is 9.10. The molecular weight excluding hydrogens is 266 g/mol. The molecule has 1 unspecified atom stereocenters. The Hall–Kier alpha value is -1.13. The van der Waals surface area contributed by atoms with E-state index in [1.54, 1.807) is 12.5 Å². The van der Waals surface area contributed by atoms with Crippen LogP contribution < -0.4 is 5.73 Å². The molecule has 1 heterocycles. The van der Waals surface area contributed by atoms with Crippen molar-refractivity contribution in [3.05, 3.63) is 46.5 Å². The van der Waals surface area contributed by atoms with Gasteiger partial charge in [0.2, 0.25) is 0 Å². The molecule has 0 spiro atoms. The maximum atomic E-state index is 5.89. The van der Waals surface area contributed by atoms with E-state index < -0.39 is 0 Å². The van der Waals surface area contributed by atoms with E-state index in [2.05, 4.69) is 46.0 Å². The van der Waals surface area contributed by atoms with Gasteiger partial charge in [0.1, 0.15) is 0 Å². The van der Waals surface area contributed by atoms with Gasteiger partial charge in [-0.15, -0.1) is 0 Å². The molecule has 2 N–H and O–H groups in total. The molecule has 1 atom stereocenters. The number of rotatable bonds is 2. The zero-order valence-corrected chi connectivity index (χ0v) is 10.9. The molecule has 0 bridgehead atoms. The quantitative estimate of drug-likeness (QED) is 0.919. The van der Waals surface area contributed by atoms with Crippen LogP contribution in [0.4, 0.5) is 0 Å². The lowest BCUT2D eigenvalue weighted by atomic mass is 10.2. The van der Waals surface area contributed by atoms with Crippen molar-refractivity contribution in [1.82, 2.24) is 9.55 Å². The van der Waals surface area contributed by atoms with Gasteiger partial charge < -0.3 is 10.3 Å². The number of aromatic nitrogens is 2. The predicted molar refractivity (Wildman–Crippen MR) is 68.6 cm³/mol. The Bertz CT molecular complexity index is 503. The van der Waals surface area contributed by atoms with Crippen LogP contribution in [0.5, 0.6) is 0 Å². The molecule has 1 aromatic carbocycles. The van der Waals surface area contributed by atoms with Crippen molar-refractivity contribution in [1.29, 1.82) is 0 Å². The van der Waals surface area contributed by atoms with Crippen LogP contribution >= 0.6 is 15.9 Å². The summed E-state index contributed by atoms with van der Waals surface area (Å²) in [6.45, 7) is 4.02. The molecule has 2 rings (SSSR count). The van der Waals surface area contributed by atoms with Crippen LogP contribution in [-0.4, -0.2) is 9.55 Å². The summed E-state index contributed by atoms with van der Waals surface area (Å²) in [5.41, 5.74) is 9.19. The number of nitrogens with zero attached hydrogens (tertiary/aromatic N) is 2.